The van der Waals surface area contributed by atoms with Crippen molar-refractivity contribution < 1.29 is 12.9 Å². The predicted molar refractivity (Wildman–Crippen MR) is 81.2 cm³/mol. The summed E-state index contributed by atoms with van der Waals surface area (Å²) in [6.07, 6.45) is 1.08. The molecule has 1 aromatic carbocycles. The van der Waals surface area contributed by atoms with Crippen molar-refractivity contribution in [2.45, 2.75) is 26.0 Å². The number of hydrogen-bond acceptors (Lipinski definition) is 4. The lowest BCUT2D eigenvalue weighted by Gasteiger charge is -2.33. The van der Waals surface area contributed by atoms with Crippen LogP contribution in [0.2, 0.25) is 0 Å². The molecular formula is C15H20N2O3S. The molecule has 1 aromatic heterocycles. The molecule has 114 valence electrons. The quantitative estimate of drug-likeness (QED) is 0.874. The number of para-hydroxylation sites is 1. The van der Waals surface area contributed by atoms with E-state index < -0.39 is 10.0 Å². The Morgan fingerprint density at radius 3 is 2.62 bits per heavy atom. The molecular weight excluding hydrogens is 288 g/mol. The van der Waals surface area contributed by atoms with Gasteiger partial charge < -0.3 is 4.52 Å². The van der Waals surface area contributed by atoms with Gasteiger partial charge in [-0.1, -0.05) is 31.1 Å². The van der Waals surface area contributed by atoms with Crippen LogP contribution in [0.1, 0.15) is 26.0 Å². The monoisotopic (exact) mass is 308 g/mol. The SMILES string of the molecule is CC1CC(C)CN(S(=O)(=O)Cc2noc3ccccc23)C1. The van der Waals surface area contributed by atoms with Gasteiger partial charge in [0.25, 0.3) is 0 Å². The summed E-state index contributed by atoms with van der Waals surface area (Å²) in [5.41, 5.74) is 1.12. The van der Waals surface area contributed by atoms with Crippen LogP contribution in [-0.2, 0) is 15.8 Å². The van der Waals surface area contributed by atoms with Gasteiger partial charge in [0.05, 0.1) is 0 Å². The van der Waals surface area contributed by atoms with Crippen LogP contribution in [0, 0.1) is 11.8 Å². The van der Waals surface area contributed by atoms with Gasteiger partial charge in [-0.2, -0.15) is 0 Å². The summed E-state index contributed by atoms with van der Waals surface area (Å²) >= 11 is 0. The average molecular weight is 308 g/mol. The molecule has 0 radical (unpaired) electrons. The molecule has 5 nitrogen and oxygen atoms in total. The zero-order chi connectivity index (χ0) is 15.0. The van der Waals surface area contributed by atoms with E-state index in [9.17, 15) is 8.42 Å². The highest BCUT2D eigenvalue weighted by atomic mass is 32.2. The van der Waals surface area contributed by atoms with Gasteiger partial charge in [0.2, 0.25) is 10.0 Å². The largest absolute Gasteiger partial charge is 0.356 e. The lowest BCUT2D eigenvalue weighted by Crippen LogP contribution is -2.43. The van der Waals surface area contributed by atoms with Crippen LogP contribution in [0.4, 0.5) is 0 Å². The number of aromatic nitrogens is 1. The van der Waals surface area contributed by atoms with Gasteiger partial charge in [-0.15, -0.1) is 0 Å². The van der Waals surface area contributed by atoms with Crippen molar-refractivity contribution >= 4 is 21.0 Å². The summed E-state index contributed by atoms with van der Waals surface area (Å²) in [5.74, 6) is 0.707. The van der Waals surface area contributed by atoms with Gasteiger partial charge in [-0.25, -0.2) is 12.7 Å². The third kappa shape index (κ3) is 2.96. The smallest absolute Gasteiger partial charge is 0.220 e. The molecule has 21 heavy (non-hydrogen) atoms. The minimum absolute atomic E-state index is 0.0938. The second-order valence-corrected chi connectivity index (χ2v) is 8.11. The van der Waals surface area contributed by atoms with E-state index in [0.717, 1.165) is 11.8 Å². The first-order valence-electron chi connectivity index (χ1n) is 7.27. The molecule has 2 unspecified atom stereocenters. The molecule has 0 spiro atoms. The Kier molecular flexibility index (Phi) is 3.75. The highest BCUT2D eigenvalue weighted by molar-refractivity contribution is 7.88. The molecule has 2 atom stereocenters. The molecule has 3 rings (SSSR count). The first kappa shape index (κ1) is 14.5. The molecule has 0 saturated carbocycles. The number of hydrogen-bond donors (Lipinski definition) is 0. The maximum atomic E-state index is 12.6. The number of benzene rings is 1. The summed E-state index contributed by atoms with van der Waals surface area (Å²) in [6, 6.07) is 7.35. The van der Waals surface area contributed by atoms with Gasteiger partial charge >= 0.3 is 0 Å². The number of sulfonamides is 1. The summed E-state index contributed by atoms with van der Waals surface area (Å²) in [5, 5.41) is 4.71. The van der Waals surface area contributed by atoms with Gasteiger partial charge in [0, 0.05) is 18.5 Å². The van der Waals surface area contributed by atoms with Crippen LogP contribution in [0.5, 0.6) is 0 Å². The number of rotatable bonds is 3. The molecule has 1 aliphatic rings. The van der Waals surface area contributed by atoms with E-state index >= 15 is 0 Å². The Morgan fingerprint density at radius 2 is 1.90 bits per heavy atom. The summed E-state index contributed by atoms with van der Waals surface area (Å²) in [7, 11) is -3.35. The third-order valence-electron chi connectivity index (χ3n) is 4.00. The summed E-state index contributed by atoms with van der Waals surface area (Å²) in [6.45, 7) is 5.40. The predicted octanol–water partition coefficient (Wildman–Crippen LogP) is 2.64. The van der Waals surface area contributed by atoms with E-state index in [1.54, 1.807) is 10.4 Å². The fourth-order valence-electron chi connectivity index (χ4n) is 3.14. The van der Waals surface area contributed by atoms with Crippen molar-refractivity contribution in [1.29, 1.82) is 0 Å². The molecule has 0 bridgehead atoms. The first-order valence-corrected chi connectivity index (χ1v) is 8.88. The molecule has 0 amide bonds. The second kappa shape index (κ2) is 5.42. The van der Waals surface area contributed by atoms with Crippen LogP contribution >= 0.6 is 0 Å². The Bertz CT molecular complexity index is 728. The van der Waals surface area contributed by atoms with Crippen LogP contribution in [0.3, 0.4) is 0 Å². The first-order chi connectivity index (χ1) is 9.95. The number of nitrogens with zero attached hydrogens (tertiary/aromatic N) is 2. The molecule has 2 aromatic rings. The number of fused-ring (bicyclic) bond motifs is 1. The van der Waals surface area contributed by atoms with Gasteiger partial charge in [-0.05, 0) is 30.4 Å². The van der Waals surface area contributed by atoms with Crippen LogP contribution in [-0.4, -0.2) is 31.0 Å². The van der Waals surface area contributed by atoms with Gasteiger partial charge in [0.15, 0.2) is 5.58 Å². The zero-order valence-electron chi connectivity index (χ0n) is 12.3. The summed E-state index contributed by atoms with van der Waals surface area (Å²) < 4.78 is 32.1. The van der Waals surface area contributed by atoms with Crippen LogP contribution < -0.4 is 0 Å². The van der Waals surface area contributed by atoms with Gasteiger partial charge in [0.1, 0.15) is 11.4 Å². The molecule has 1 saturated heterocycles. The third-order valence-corrected chi connectivity index (χ3v) is 5.72. The van der Waals surface area contributed by atoms with Crippen molar-refractivity contribution in [2.24, 2.45) is 11.8 Å². The van der Waals surface area contributed by atoms with E-state index in [1.165, 1.54) is 0 Å². The average Bonchev–Trinajstić information content (AvgIpc) is 2.81. The standard InChI is InChI=1S/C15H20N2O3S/c1-11-7-12(2)9-17(8-11)21(18,19)10-14-13-5-3-4-6-15(13)20-16-14/h3-6,11-12H,7-10H2,1-2H3. The van der Waals surface area contributed by atoms with Crippen molar-refractivity contribution in [3.63, 3.8) is 0 Å². The summed E-state index contributed by atoms with van der Waals surface area (Å²) in [4.78, 5) is 0. The maximum Gasteiger partial charge on any atom is 0.220 e. The fourth-order valence-corrected chi connectivity index (χ4v) is 4.84. The second-order valence-electron chi connectivity index (χ2n) is 6.14. The minimum atomic E-state index is -3.35. The highest BCUT2D eigenvalue weighted by Gasteiger charge is 2.31. The number of piperidine rings is 1. The molecule has 0 aliphatic carbocycles. The highest BCUT2D eigenvalue weighted by Crippen LogP contribution is 2.26. The Balaban J connectivity index is 1.86. The molecule has 2 heterocycles. The lowest BCUT2D eigenvalue weighted by atomic mass is 9.94. The topological polar surface area (TPSA) is 63.4 Å². The normalized spacial score (nSPS) is 24.5. The van der Waals surface area contributed by atoms with Crippen molar-refractivity contribution in [3.05, 3.63) is 30.0 Å². The van der Waals surface area contributed by atoms with Crippen LogP contribution in [0.15, 0.2) is 28.8 Å². The fraction of sp³-hybridized carbons (Fsp3) is 0.533. The van der Waals surface area contributed by atoms with E-state index in [0.29, 0.717) is 36.2 Å². The molecule has 0 N–H and O–H groups in total. The van der Waals surface area contributed by atoms with E-state index in [2.05, 4.69) is 19.0 Å². The van der Waals surface area contributed by atoms with Crippen molar-refractivity contribution in [1.82, 2.24) is 9.46 Å². The Morgan fingerprint density at radius 1 is 1.24 bits per heavy atom. The molecule has 1 fully saturated rings. The molecule has 1 aliphatic heterocycles. The van der Waals surface area contributed by atoms with E-state index in [-0.39, 0.29) is 5.75 Å². The van der Waals surface area contributed by atoms with Crippen LogP contribution in [0.25, 0.3) is 11.0 Å². The van der Waals surface area contributed by atoms with E-state index in [4.69, 9.17) is 4.52 Å². The maximum absolute atomic E-state index is 12.6. The molecule has 6 heteroatoms. The van der Waals surface area contributed by atoms with Gasteiger partial charge in [-0.3, -0.25) is 0 Å². The Labute approximate surface area is 125 Å². The zero-order valence-corrected chi connectivity index (χ0v) is 13.1. The minimum Gasteiger partial charge on any atom is -0.356 e. The lowest BCUT2D eigenvalue weighted by molar-refractivity contribution is 0.222. The van der Waals surface area contributed by atoms with Crippen molar-refractivity contribution in [2.75, 3.05) is 13.1 Å². The Hall–Kier alpha value is -1.40. The van der Waals surface area contributed by atoms with Crippen molar-refractivity contribution in [3.8, 4) is 0 Å². The van der Waals surface area contributed by atoms with E-state index in [1.807, 2.05) is 18.2 Å².